The van der Waals surface area contributed by atoms with Gasteiger partial charge in [-0.1, -0.05) is 19.9 Å². The van der Waals surface area contributed by atoms with E-state index >= 15 is 0 Å². The van der Waals surface area contributed by atoms with Crippen molar-refractivity contribution < 1.29 is 4.74 Å². The molecule has 0 bridgehead atoms. The Labute approximate surface area is 89.3 Å². The van der Waals surface area contributed by atoms with Crippen LogP contribution in [0.4, 0.5) is 0 Å². The lowest BCUT2D eigenvalue weighted by Crippen LogP contribution is -2.53. The summed E-state index contributed by atoms with van der Waals surface area (Å²) in [7, 11) is 0. The molecule has 1 aromatic heterocycles. The second kappa shape index (κ2) is 3.33. The van der Waals surface area contributed by atoms with Gasteiger partial charge in [0.05, 0.1) is 11.5 Å². The van der Waals surface area contributed by atoms with E-state index < -0.39 is 0 Å². The van der Waals surface area contributed by atoms with Crippen LogP contribution in [0.5, 0.6) is 0 Å². The summed E-state index contributed by atoms with van der Waals surface area (Å²) >= 11 is 1.74. The number of nitrogens with one attached hydrogen (secondary N) is 1. The molecular weight excluding hydrogens is 194 g/mol. The Morgan fingerprint density at radius 1 is 1.43 bits per heavy atom. The Morgan fingerprint density at radius 3 is 2.71 bits per heavy atom. The Hall–Kier alpha value is -0.380. The van der Waals surface area contributed by atoms with Crippen molar-refractivity contribution in [3.63, 3.8) is 0 Å². The second-order valence-electron chi connectivity index (χ2n) is 4.82. The fourth-order valence-electron chi connectivity index (χ4n) is 1.56. The van der Waals surface area contributed by atoms with Crippen molar-refractivity contribution in [3.05, 3.63) is 22.4 Å². The van der Waals surface area contributed by atoms with Gasteiger partial charge in [-0.3, -0.25) is 5.32 Å². The van der Waals surface area contributed by atoms with Crippen LogP contribution >= 0.6 is 11.3 Å². The van der Waals surface area contributed by atoms with Crippen molar-refractivity contribution in [2.24, 2.45) is 5.41 Å². The number of ether oxygens (including phenoxy) is 1. The van der Waals surface area contributed by atoms with Crippen molar-refractivity contribution in [3.8, 4) is 0 Å². The predicted molar refractivity (Wildman–Crippen MR) is 59.4 cm³/mol. The SMILES string of the molecule is CC1(C)CNC(C)(c2cccs2)OC1. The van der Waals surface area contributed by atoms with Crippen LogP contribution in [0.3, 0.4) is 0 Å². The average Bonchev–Trinajstić information content (AvgIpc) is 2.64. The van der Waals surface area contributed by atoms with Gasteiger partial charge >= 0.3 is 0 Å². The first-order valence-electron chi connectivity index (χ1n) is 4.95. The molecule has 2 heterocycles. The van der Waals surface area contributed by atoms with Crippen LogP contribution in [0.1, 0.15) is 25.6 Å². The Kier molecular flexibility index (Phi) is 2.41. The highest BCUT2D eigenvalue weighted by Gasteiger charge is 2.37. The van der Waals surface area contributed by atoms with Crippen LogP contribution in [0.25, 0.3) is 0 Å². The first kappa shape index (κ1) is 10.1. The van der Waals surface area contributed by atoms with E-state index in [4.69, 9.17) is 4.74 Å². The van der Waals surface area contributed by atoms with Crippen LogP contribution < -0.4 is 5.32 Å². The fraction of sp³-hybridized carbons (Fsp3) is 0.636. The second-order valence-corrected chi connectivity index (χ2v) is 5.76. The van der Waals surface area contributed by atoms with Gasteiger partial charge in [0.25, 0.3) is 0 Å². The molecule has 0 aromatic carbocycles. The summed E-state index contributed by atoms with van der Waals surface area (Å²) < 4.78 is 5.92. The zero-order chi connectivity index (χ0) is 10.2. The van der Waals surface area contributed by atoms with Gasteiger partial charge in [0.2, 0.25) is 0 Å². The fourth-order valence-corrected chi connectivity index (χ4v) is 2.37. The molecule has 1 aromatic rings. The first-order valence-corrected chi connectivity index (χ1v) is 5.83. The summed E-state index contributed by atoms with van der Waals surface area (Å²) in [5.41, 5.74) is -0.0273. The van der Waals surface area contributed by atoms with Crippen molar-refractivity contribution in [2.45, 2.75) is 26.5 Å². The Balaban J connectivity index is 2.13. The highest BCUT2D eigenvalue weighted by atomic mass is 32.1. The first-order chi connectivity index (χ1) is 6.52. The lowest BCUT2D eigenvalue weighted by atomic mass is 9.92. The normalized spacial score (nSPS) is 31.6. The molecule has 1 aliphatic heterocycles. The van der Waals surface area contributed by atoms with Gasteiger partial charge < -0.3 is 4.74 Å². The minimum Gasteiger partial charge on any atom is -0.355 e. The molecule has 1 aliphatic rings. The van der Waals surface area contributed by atoms with Gasteiger partial charge in [-0.25, -0.2) is 0 Å². The smallest absolute Gasteiger partial charge is 0.151 e. The van der Waals surface area contributed by atoms with Gasteiger partial charge in [-0.2, -0.15) is 0 Å². The van der Waals surface area contributed by atoms with Crippen molar-refractivity contribution in [1.82, 2.24) is 5.32 Å². The minimum atomic E-state index is -0.274. The van der Waals surface area contributed by atoms with E-state index in [-0.39, 0.29) is 11.1 Å². The lowest BCUT2D eigenvalue weighted by Gasteiger charge is -2.42. The van der Waals surface area contributed by atoms with Crippen molar-refractivity contribution >= 4 is 11.3 Å². The van der Waals surface area contributed by atoms with Crippen LogP contribution in [-0.2, 0) is 10.5 Å². The predicted octanol–water partition coefficient (Wildman–Crippen LogP) is 2.57. The molecule has 1 unspecified atom stereocenters. The molecule has 0 aliphatic carbocycles. The van der Waals surface area contributed by atoms with E-state index in [2.05, 4.69) is 43.6 Å². The molecule has 14 heavy (non-hydrogen) atoms. The summed E-state index contributed by atoms with van der Waals surface area (Å²) in [6, 6.07) is 4.19. The summed E-state index contributed by atoms with van der Waals surface area (Å²) in [6.07, 6.45) is 0. The van der Waals surface area contributed by atoms with Gasteiger partial charge in [0.15, 0.2) is 5.72 Å². The maximum absolute atomic E-state index is 5.92. The molecule has 1 fully saturated rings. The molecule has 2 rings (SSSR count). The zero-order valence-electron chi connectivity index (χ0n) is 8.96. The quantitative estimate of drug-likeness (QED) is 0.771. The molecule has 1 N–H and O–H groups in total. The van der Waals surface area contributed by atoms with E-state index in [0.29, 0.717) is 0 Å². The van der Waals surface area contributed by atoms with Crippen LogP contribution in [-0.4, -0.2) is 13.2 Å². The molecule has 0 radical (unpaired) electrons. The number of rotatable bonds is 1. The number of hydrogen-bond acceptors (Lipinski definition) is 3. The standard InChI is InChI=1S/C11H17NOS/c1-10(2)7-12-11(3,13-8-10)9-5-4-6-14-9/h4-6,12H,7-8H2,1-3H3. The van der Waals surface area contributed by atoms with Gasteiger partial charge in [-0.05, 0) is 18.4 Å². The van der Waals surface area contributed by atoms with Crippen LogP contribution in [0, 0.1) is 5.41 Å². The topological polar surface area (TPSA) is 21.3 Å². The van der Waals surface area contributed by atoms with E-state index in [1.807, 2.05) is 0 Å². The maximum Gasteiger partial charge on any atom is 0.151 e. The monoisotopic (exact) mass is 211 g/mol. The number of hydrogen-bond donors (Lipinski definition) is 1. The molecule has 0 amide bonds. The average molecular weight is 211 g/mol. The van der Waals surface area contributed by atoms with Crippen molar-refractivity contribution in [1.29, 1.82) is 0 Å². The summed E-state index contributed by atoms with van der Waals surface area (Å²) in [5.74, 6) is 0. The molecule has 0 saturated carbocycles. The maximum atomic E-state index is 5.92. The van der Waals surface area contributed by atoms with E-state index in [0.717, 1.165) is 13.2 Å². The lowest BCUT2D eigenvalue weighted by molar-refractivity contribution is -0.129. The highest BCUT2D eigenvalue weighted by Crippen LogP contribution is 2.33. The van der Waals surface area contributed by atoms with E-state index in [1.165, 1.54) is 4.88 Å². The van der Waals surface area contributed by atoms with E-state index in [1.54, 1.807) is 11.3 Å². The van der Waals surface area contributed by atoms with Crippen LogP contribution in [0.15, 0.2) is 17.5 Å². The van der Waals surface area contributed by atoms with E-state index in [9.17, 15) is 0 Å². The molecule has 2 nitrogen and oxygen atoms in total. The summed E-state index contributed by atoms with van der Waals surface area (Å²) in [5, 5.41) is 5.57. The third-order valence-corrected chi connectivity index (χ3v) is 3.72. The number of thiophene rings is 1. The highest BCUT2D eigenvalue weighted by molar-refractivity contribution is 7.10. The molecule has 78 valence electrons. The third-order valence-electron chi connectivity index (χ3n) is 2.65. The Morgan fingerprint density at radius 2 is 2.21 bits per heavy atom. The minimum absolute atomic E-state index is 0.247. The molecule has 0 spiro atoms. The largest absolute Gasteiger partial charge is 0.355 e. The molecule has 3 heteroatoms. The third kappa shape index (κ3) is 1.85. The molecule has 1 atom stereocenters. The summed E-state index contributed by atoms with van der Waals surface area (Å²) in [4.78, 5) is 1.26. The molecular formula is C11H17NOS. The van der Waals surface area contributed by atoms with Crippen molar-refractivity contribution in [2.75, 3.05) is 13.2 Å². The Bertz CT molecular complexity index is 295. The molecule has 1 saturated heterocycles. The zero-order valence-corrected chi connectivity index (χ0v) is 9.78. The van der Waals surface area contributed by atoms with Gasteiger partial charge in [-0.15, -0.1) is 11.3 Å². The summed E-state index contributed by atoms with van der Waals surface area (Å²) in [6.45, 7) is 8.35. The van der Waals surface area contributed by atoms with Gasteiger partial charge in [0, 0.05) is 12.0 Å². The van der Waals surface area contributed by atoms with Gasteiger partial charge in [0.1, 0.15) is 0 Å². The van der Waals surface area contributed by atoms with Crippen LogP contribution in [0.2, 0.25) is 0 Å².